The van der Waals surface area contributed by atoms with Gasteiger partial charge in [-0.1, -0.05) is 134 Å². The average Bonchev–Trinajstić information content (AvgIpc) is 2.91. The van der Waals surface area contributed by atoms with E-state index in [-0.39, 0.29) is 12.7 Å². The number of hydrogen-bond donors (Lipinski definition) is 0. The normalized spacial score (nSPS) is 21.4. The van der Waals surface area contributed by atoms with E-state index in [2.05, 4.69) is 38.2 Å². The Balaban J connectivity index is 1.39. The number of piperidine rings is 1. The van der Waals surface area contributed by atoms with Gasteiger partial charge in [0, 0.05) is 19.3 Å². The van der Waals surface area contributed by atoms with Crippen molar-refractivity contribution in [3.8, 4) is 0 Å². The van der Waals surface area contributed by atoms with E-state index in [0.717, 1.165) is 62.6 Å². The predicted octanol–water partition coefficient (Wildman–Crippen LogP) is 8.60. The Bertz CT molecular complexity index is 736. The summed E-state index contributed by atoms with van der Waals surface area (Å²) in [7, 11) is -1.95. The van der Waals surface area contributed by atoms with E-state index in [4.69, 9.17) is 9.05 Å². The first-order chi connectivity index (χ1) is 18.4. The zero-order valence-electron chi connectivity index (χ0n) is 24.8. The van der Waals surface area contributed by atoms with Gasteiger partial charge in [-0.25, -0.2) is 0 Å². The molecule has 0 bridgehead atoms. The Morgan fingerprint density at radius 2 is 1.26 bits per heavy atom. The van der Waals surface area contributed by atoms with Crippen molar-refractivity contribution in [2.45, 2.75) is 135 Å². The van der Waals surface area contributed by atoms with E-state index in [9.17, 15) is 9.46 Å². The smallest absolute Gasteiger partial charge is 0.268 e. The molecule has 38 heavy (non-hydrogen) atoms. The first-order valence-corrected chi connectivity index (χ1v) is 17.4. The lowest BCUT2D eigenvalue weighted by Crippen LogP contribution is -2.52. The van der Waals surface area contributed by atoms with Gasteiger partial charge in [0.2, 0.25) is 0 Å². The van der Waals surface area contributed by atoms with Gasteiger partial charge in [0.15, 0.2) is 0 Å². The fourth-order valence-corrected chi connectivity index (χ4v) is 6.57. The average molecular weight is 552 g/mol. The first kappa shape index (κ1) is 33.5. The summed E-state index contributed by atoms with van der Waals surface area (Å²) in [5, 5.41) is 0. The van der Waals surface area contributed by atoms with E-state index in [0.29, 0.717) is 0 Å². The maximum absolute atomic E-state index is 12.3. The van der Waals surface area contributed by atoms with Crippen molar-refractivity contribution < 1.29 is 23.0 Å². The van der Waals surface area contributed by atoms with E-state index in [1.54, 1.807) is 0 Å². The lowest BCUT2D eigenvalue weighted by molar-refractivity contribution is -0.914. The number of rotatable bonds is 23. The quantitative estimate of drug-likeness (QED) is 0.0776. The molecular weight excluding hydrogens is 493 g/mol. The molecule has 1 aromatic rings. The highest BCUT2D eigenvalue weighted by Gasteiger charge is 2.32. The minimum absolute atomic E-state index is 0.243. The van der Waals surface area contributed by atoms with Crippen molar-refractivity contribution in [3.63, 3.8) is 0 Å². The van der Waals surface area contributed by atoms with Crippen molar-refractivity contribution in [1.82, 2.24) is 0 Å². The number of likely N-dealkylation sites (N-methyl/N-ethyl adjacent to an activating group) is 1. The van der Waals surface area contributed by atoms with Crippen LogP contribution in [0.4, 0.5) is 0 Å². The van der Waals surface area contributed by atoms with Gasteiger partial charge >= 0.3 is 0 Å². The monoisotopic (exact) mass is 551 g/mol. The number of unbranched alkanes of at least 4 members (excludes halogenated alkanes) is 15. The van der Waals surface area contributed by atoms with Crippen LogP contribution in [0.3, 0.4) is 0 Å². The number of likely N-dealkylation sites (tertiary alicyclic amines) is 1. The fourth-order valence-electron chi connectivity index (χ4n) is 5.58. The van der Waals surface area contributed by atoms with Crippen LogP contribution in [0, 0.1) is 0 Å². The molecule has 220 valence electrons. The maximum Gasteiger partial charge on any atom is 0.268 e. The van der Waals surface area contributed by atoms with Crippen LogP contribution >= 0.6 is 7.82 Å². The van der Waals surface area contributed by atoms with Crippen molar-refractivity contribution in [1.29, 1.82) is 0 Å². The third-order valence-electron chi connectivity index (χ3n) is 8.29. The molecule has 1 unspecified atom stereocenters. The van der Waals surface area contributed by atoms with Crippen molar-refractivity contribution in [2.24, 2.45) is 0 Å². The molecule has 2 rings (SSSR count). The summed E-state index contributed by atoms with van der Waals surface area (Å²) < 4.78 is 23.9. The summed E-state index contributed by atoms with van der Waals surface area (Å²) in [5.41, 5.74) is 1.36. The number of phosphoric ester groups is 1. The van der Waals surface area contributed by atoms with Gasteiger partial charge in [-0.2, -0.15) is 0 Å². The molecule has 5 nitrogen and oxygen atoms in total. The van der Waals surface area contributed by atoms with Gasteiger partial charge in [-0.15, -0.1) is 0 Å². The molecule has 1 heterocycles. The summed E-state index contributed by atoms with van der Waals surface area (Å²) in [6.45, 7) is 5.48. The van der Waals surface area contributed by atoms with Gasteiger partial charge in [-0.05, 0) is 12.0 Å². The largest absolute Gasteiger partial charge is 0.756 e. The Kier molecular flexibility index (Phi) is 17.8. The van der Waals surface area contributed by atoms with Crippen LogP contribution in [0.1, 0.15) is 128 Å². The second kappa shape index (κ2) is 20.2. The Labute approximate surface area is 234 Å². The molecule has 0 N–H and O–H groups in total. The van der Waals surface area contributed by atoms with Crippen LogP contribution in [-0.2, 0) is 20.0 Å². The summed E-state index contributed by atoms with van der Waals surface area (Å²) >= 11 is 0. The van der Waals surface area contributed by atoms with Gasteiger partial charge in [0.25, 0.3) is 7.82 Å². The van der Waals surface area contributed by atoms with Crippen molar-refractivity contribution >= 4 is 7.82 Å². The van der Waals surface area contributed by atoms with E-state index in [1.807, 2.05) is 6.07 Å². The second-order valence-electron chi connectivity index (χ2n) is 11.9. The van der Waals surface area contributed by atoms with E-state index in [1.165, 1.54) is 89.0 Å². The summed E-state index contributed by atoms with van der Waals surface area (Å²) in [4.78, 5) is 12.3. The lowest BCUT2D eigenvalue weighted by Gasteiger charge is -2.41. The summed E-state index contributed by atoms with van der Waals surface area (Å²) in [6.07, 6.45) is 23.2. The third kappa shape index (κ3) is 16.4. The van der Waals surface area contributed by atoms with Gasteiger partial charge in [0.05, 0.1) is 39.4 Å². The Morgan fingerprint density at radius 3 is 1.76 bits per heavy atom. The molecule has 1 aromatic carbocycles. The maximum atomic E-state index is 12.3. The molecule has 1 saturated heterocycles. The topological polar surface area (TPSA) is 58.6 Å². The van der Waals surface area contributed by atoms with Crippen LogP contribution < -0.4 is 4.89 Å². The van der Waals surface area contributed by atoms with Gasteiger partial charge in [0.1, 0.15) is 0 Å². The molecule has 0 radical (unpaired) electrons. The molecule has 0 amide bonds. The lowest BCUT2D eigenvalue weighted by atomic mass is 10.0. The number of nitrogens with zero attached hydrogens (tertiary/aromatic N) is 1. The minimum atomic E-state index is -4.21. The number of quaternary nitrogens is 1. The Morgan fingerprint density at radius 1 is 0.789 bits per heavy atom. The first-order valence-electron chi connectivity index (χ1n) is 15.9. The Hall–Kier alpha value is -0.710. The number of benzene rings is 1. The second-order valence-corrected chi connectivity index (χ2v) is 13.3. The molecule has 6 heteroatoms. The number of phosphoric acid groups is 1. The van der Waals surface area contributed by atoms with Crippen LogP contribution in [-0.4, -0.2) is 43.9 Å². The van der Waals surface area contributed by atoms with Crippen LogP contribution in [0.15, 0.2) is 30.3 Å². The van der Waals surface area contributed by atoms with Crippen LogP contribution in [0.5, 0.6) is 0 Å². The van der Waals surface area contributed by atoms with Crippen LogP contribution in [0.2, 0.25) is 0 Å². The van der Waals surface area contributed by atoms with Gasteiger partial charge in [-0.3, -0.25) is 4.57 Å². The van der Waals surface area contributed by atoms with Crippen molar-refractivity contribution in [3.05, 3.63) is 35.9 Å². The SMILES string of the molecule is CCCCCCCCCCCCCCCCCCOP(=O)([O-])OC1CC[N+](C)(CCc2ccccc2)CC1. The zero-order valence-corrected chi connectivity index (χ0v) is 25.6. The number of hydrogen-bond acceptors (Lipinski definition) is 4. The molecule has 0 aromatic heterocycles. The molecule has 1 aliphatic heterocycles. The molecule has 1 atom stereocenters. The standard InChI is InChI=1S/C32H58NO4P/c1-3-4-5-6-7-8-9-10-11-12-13-14-15-16-17-21-30-36-38(34,35)37-32-25-28-33(2,29-26-32)27-24-31-22-19-18-20-23-31/h18-20,22-23,32H,3-17,21,24-30H2,1-2H3. The highest BCUT2D eigenvalue weighted by atomic mass is 31.2. The molecule has 1 aliphatic rings. The van der Waals surface area contributed by atoms with Crippen LogP contribution in [0.25, 0.3) is 0 Å². The third-order valence-corrected chi connectivity index (χ3v) is 9.35. The highest BCUT2D eigenvalue weighted by Crippen LogP contribution is 2.42. The highest BCUT2D eigenvalue weighted by molar-refractivity contribution is 7.45. The summed E-state index contributed by atoms with van der Waals surface area (Å²) in [5.74, 6) is 0. The molecule has 0 aliphatic carbocycles. The molecule has 0 spiro atoms. The minimum Gasteiger partial charge on any atom is -0.756 e. The molecular formula is C32H58NO4P. The van der Waals surface area contributed by atoms with Crippen molar-refractivity contribution in [2.75, 3.05) is 33.3 Å². The van der Waals surface area contributed by atoms with E-state index < -0.39 is 7.82 Å². The zero-order chi connectivity index (χ0) is 27.4. The molecule has 1 fully saturated rings. The van der Waals surface area contributed by atoms with E-state index >= 15 is 0 Å². The fraction of sp³-hybridized carbons (Fsp3) is 0.812. The molecule has 0 saturated carbocycles. The van der Waals surface area contributed by atoms with Gasteiger partial charge < -0.3 is 18.4 Å². The summed E-state index contributed by atoms with van der Waals surface area (Å²) in [6, 6.07) is 10.6. The predicted molar refractivity (Wildman–Crippen MR) is 158 cm³/mol.